The van der Waals surface area contributed by atoms with E-state index in [2.05, 4.69) is 4.98 Å². The molecule has 0 saturated heterocycles. The number of hydrogen-bond donors (Lipinski definition) is 0. The van der Waals surface area contributed by atoms with Crippen LogP contribution in [0.3, 0.4) is 0 Å². The highest BCUT2D eigenvalue weighted by Crippen LogP contribution is 2.43. The Morgan fingerprint density at radius 3 is 2.62 bits per heavy atom. The molecule has 1 saturated carbocycles. The Balaban J connectivity index is 1.91. The largest absolute Gasteiger partial charge is 0.298 e. The molecule has 0 spiro atoms. The highest BCUT2D eigenvalue weighted by molar-refractivity contribution is 7.15. The molecule has 3 heteroatoms. The molecule has 3 rings (SSSR count). The first-order valence-electron chi connectivity index (χ1n) is 5.38. The number of hydrogen-bond acceptors (Lipinski definition) is 3. The van der Waals surface area contributed by atoms with Gasteiger partial charge >= 0.3 is 0 Å². The molecule has 0 unspecified atom stereocenters. The van der Waals surface area contributed by atoms with Crippen molar-refractivity contribution < 1.29 is 4.79 Å². The summed E-state index contributed by atoms with van der Waals surface area (Å²) in [5, 5.41) is 1.26. The van der Waals surface area contributed by atoms with E-state index >= 15 is 0 Å². The van der Waals surface area contributed by atoms with Crippen molar-refractivity contribution >= 4 is 17.6 Å². The molecule has 1 aliphatic carbocycles. The van der Waals surface area contributed by atoms with Crippen LogP contribution in [0, 0.1) is 0 Å². The van der Waals surface area contributed by atoms with E-state index in [1.54, 1.807) is 11.3 Å². The number of thiazole rings is 1. The summed E-state index contributed by atoms with van der Waals surface area (Å²) in [6.07, 6.45) is 5.38. The van der Waals surface area contributed by atoms with Crippen LogP contribution in [-0.2, 0) is 0 Å². The molecule has 1 heterocycles. The van der Waals surface area contributed by atoms with Gasteiger partial charge in [-0.1, -0.05) is 24.3 Å². The van der Waals surface area contributed by atoms with E-state index in [4.69, 9.17) is 0 Å². The number of rotatable bonds is 3. The van der Waals surface area contributed by atoms with E-state index in [9.17, 15) is 4.79 Å². The van der Waals surface area contributed by atoms with E-state index in [1.165, 1.54) is 22.7 Å². The molecule has 0 bridgehead atoms. The smallest absolute Gasteiger partial charge is 0.150 e. The SMILES string of the molecule is O=Cc1ccc(-c2cnc(C3CC3)s2)cc1. The molecule has 0 N–H and O–H groups in total. The lowest BCUT2D eigenvalue weighted by molar-refractivity contribution is 0.112. The van der Waals surface area contributed by atoms with Gasteiger partial charge in [-0.25, -0.2) is 4.98 Å². The monoisotopic (exact) mass is 229 g/mol. The normalized spacial score (nSPS) is 15.0. The second-order valence-corrected chi connectivity index (χ2v) is 5.14. The fourth-order valence-electron chi connectivity index (χ4n) is 1.67. The van der Waals surface area contributed by atoms with Crippen molar-refractivity contribution in [2.75, 3.05) is 0 Å². The fraction of sp³-hybridized carbons (Fsp3) is 0.231. The third-order valence-electron chi connectivity index (χ3n) is 2.78. The maximum absolute atomic E-state index is 10.5. The summed E-state index contributed by atoms with van der Waals surface area (Å²) in [4.78, 5) is 16.2. The predicted molar refractivity (Wildman–Crippen MR) is 64.9 cm³/mol. The zero-order valence-electron chi connectivity index (χ0n) is 8.72. The van der Waals surface area contributed by atoms with Crippen molar-refractivity contribution in [1.82, 2.24) is 4.98 Å². The molecule has 1 aliphatic rings. The van der Waals surface area contributed by atoms with Crippen molar-refractivity contribution in [3.63, 3.8) is 0 Å². The molecule has 0 aliphatic heterocycles. The minimum Gasteiger partial charge on any atom is -0.298 e. The third kappa shape index (κ3) is 1.78. The molecule has 0 amide bonds. The number of nitrogens with zero attached hydrogens (tertiary/aromatic N) is 1. The van der Waals surface area contributed by atoms with Crippen molar-refractivity contribution in [3.8, 4) is 10.4 Å². The second-order valence-electron chi connectivity index (χ2n) is 4.08. The topological polar surface area (TPSA) is 30.0 Å². The lowest BCUT2D eigenvalue weighted by Crippen LogP contribution is -1.78. The Morgan fingerprint density at radius 1 is 1.25 bits per heavy atom. The van der Waals surface area contributed by atoms with E-state index in [-0.39, 0.29) is 0 Å². The van der Waals surface area contributed by atoms with Crippen LogP contribution in [0.1, 0.15) is 34.1 Å². The maximum Gasteiger partial charge on any atom is 0.150 e. The lowest BCUT2D eigenvalue weighted by Gasteiger charge is -1.96. The van der Waals surface area contributed by atoms with Gasteiger partial charge < -0.3 is 0 Å². The minimum absolute atomic E-state index is 0.716. The summed E-state index contributed by atoms with van der Waals surface area (Å²) in [7, 11) is 0. The van der Waals surface area contributed by atoms with Crippen LogP contribution in [0.2, 0.25) is 0 Å². The number of aromatic nitrogens is 1. The van der Waals surface area contributed by atoms with E-state index < -0.39 is 0 Å². The molecular formula is C13H11NOS. The molecule has 0 radical (unpaired) electrons. The van der Waals surface area contributed by atoms with Crippen molar-refractivity contribution in [3.05, 3.63) is 41.0 Å². The number of carbonyl (C=O) groups is 1. The molecule has 0 atom stereocenters. The minimum atomic E-state index is 0.716. The Morgan fingerprint density at radius 2 is 2.00 bits per heavy atom. The quantitative estimate of drug-likeness (QED) is 0.754. The van der Waals surface area contributed by atoms with Crippen LogP contribution >= 0.6 is 11.3 Å². The van der Waals surface area contributed by atoms with Gasteiger partial charge in [0.1, 0.15) is 6.29 Å². The van der Waals surface area contributed by atoms with Gasteiger partial charge in [-0.15, -0.1) is 11.3 Å². The molecule has 2 aromatic rings. The van der Waals surface area contributed by atoms with Gasteiger partial charge in [-0.2, -0.15) is 0 Å². The van der Waals surface area contributed by atoms with Crippen LogP contribution in [0.4, 0.5) is 0 Å². The molecule has 1 aromatic heterocycles. The van der Waals surface area contributed by atoms with Gasteiger partial charge in [0.15, 0.2) is 0 Å². The first-order valence-corrected chi connectivity index (χ1v) is 6.20. The first kappa shape index (κ1) is 9.73. The average Bonchev–Trinajstić information content (AvgIpc) is 3.08. The van der Waals surface area contributed by atoms with Crippen molar-refractivity contribution in [2.24, 2.45) is 0 Å². The summed E-state index contributed by atoms with van der Waals surface area (Å²) in [5.74, 6) is 0.716. The van der Waals surface area contributed by atoms with Gasteiger partial charge in [0, 0.05) is 17.7 Å². The van der Waals surface area contributed by atoms with E-state index in [1.807, 2.05) is 30.5 Å². The number of aldehydes is 1. The molecule has 2 nitrogen and oxygen atoms in total. The molecular weight excluding hydrogens is 218 g/mol. The second kappa shape index (κ2) is 3.83. The standard InChI is InChI=1S/C13H11NOS/c15-8-9-1-3-10(4-2-9)12-7-14-13(16-12)11-5-6-11/h1-4,7-8,11H,5-6H2. The molecule has 16 heavy (non-hydrogen) atoms. The number of carbonyl (C=O) groups excluding carboxylic acids is 1. The highest BCUT2D eigenvalue weighted by atomic mass is 32.1. The van der Waals surface area contributed by atoms with Crippen LogP contribution < -0.4 is 0 Å². The van der Waals surface area contributed by atoms with E-state index in [0.29, 0.717) is 5.92 Å². The van der Waals surface area contributed by atoms with Gasteiger partial charge in [0.2, 0.25) is 0 Å². The van der Waals surface area contributed by atoms with Crippen molar-refractivity contribution in [1.29, 1.82) is 0 Å². The van der Waals surface area contributed by atoms with Crippen molar-refractivity contribution in [2.45, 2.75) is 18.8 Å². The molecule has 1 fully saturated rings. The lowest BCUT2D eigenvalue weighted by atomic mass is 10.1. The summed E-state index contributed by atoms with van der Waals surface area (Å²) >= 11 is 1.77. The first-order chi connectivity index (χ1) is 7.86. The Kier molecular flexibility index (Phi) is 2.33. The third-order valence-corrected chi connectivity index (χ3v) is 3.99. The van der Waals surface area contributed by atoms with Crippen LogP contribution in [0.5, 0.6) is 0 Å². The Hall–Kier alpha value is -1.48. The Labute approximate surface area is 98.0 Å². The van der Waals surface area contributed by atoms with Gasteiger partial charge in [0.25, 0.3) is 0 Å². The van der Waals surface area contributed by atoms with Crippen LogP contribution in [0.25, 0.3) is 10.4 Å². The molecule has 80 valence electrons. The zero-order chi connectivity index (χ0) is 11.0. The summed E-state index contributed by atoms with van der Waals surface area (Å²) < 4.78 is 0. The van der Waals surface area contributed by atoms with Gasteiger partial charge in [0.05, 0.1) is 9.88 Å². The zero-order valence-corrected chi connectivity index (χ0v) is 9.54. The molecule has 1 aromatic carbocycles. The van der Waals surface area contributed by atoms with Gasteiger partial charge in [-0.3, -0.25) is 4.79 Å². The summed E-state index contributed by atoms with van der Waals surface area (Å²) in [6.45, 7) is 0. The summed E-state index contributed by atoms with van der Waals surface area (Å²) in [6, 6.07) is 7.65. The van der Waals surface area contributed by atoms with Crippen LogP contribution in [0.15, 0.2) is 30.5 Å². The van der Waals surface area contributed by atoms with Crippen LogP contribution in [-0.4, -0.2) is 11.3 Å². The summed E-state index contributed by atoms with van der Waals surface area (Å²) in [5.41, 5.74) is 1.87. The maximum atomic E-state index is 10.5. The number of benzene rings is 1. The Bertz CT molecular complexity index is 511. The van der Waals surface area contributed by atoms with E-state index in [0.717, 1.165) is 17.4 Å². The predicted octanol–water partition coefficient (Wildman–Crippen LogP) is 3.50. The van der Waals surface area contributed by atoms with Gasteiger partial charge in [-0.05, 0) is 18.4 Å². The average molecular weight is 229 g/mol. The fourth-order valence-corrected chi connectivity index (χ4v) is 2.76. The highest BCUT2D eigenvalue weighted by Gasteiger charge is 2.26.